The van der Waals surface area contributed by atoms with Crippen molar-refractivity contribution < 1.29 is 4.79 Å². The highest BCUT2D eigenvalue weighted by Gasteiger charge is 2.41. The Kier molecular flexibility index (Phi) is 3.50. The third-order valence-electron chi connectivity index (χ3n) is 2.95. The molecule has 0 aromatic carbocycles. The van der Waals surface area contributed by atoms with E-state index < -0.39 is 0 Å². The molecule has 1 saturated carbocycles. The first-order chi connectivity index (χ1) is 6.25. The minimum atomic E-state index is -0.157. The van der Waals surface area contributed by atoms with Crippen molar-refractivity contribution in [1.29, 1.82) is 0 Å². The molecule has 0 atom stereocenters. The van der Waals surface area contributed by atoms with E-state index >= 15 is 0 Å². The summed E-state index contributed by atoms with van der Waals surface area (Å²) < 4.78 is 0. The van der Waals surface area contributed by atoms with Gasteiger partial charge in [-0.15, -0.1) is 11.8 Å². The van der Waals surface area contributed by atoms with Crippen LogP contribution in [-0.2, 0) is 4.79 Å². The fraction of sp³-hybridized carbons (Fsp3) is 0.727. The molecule has 2 nitrogen and oxygen atoms in total. The van der Waals surface area contributed by atoms with Crippen LogP contribution in [0.3, 0.4) is 0 Å². The van der Waals surface area contributed by atoms with Gasteiger partial charge in [0.15, 0.2) is 0 Å². The zero-order valence-electron chi connectivity index (χ0n) is 8.23. The maximum absolute atomic E-state index is 11.7. The van der Waals surface area contributed by atoms with Crippen LogP contribution in [0.15, 0.2) is 0 Å². The minimum absolute atomic E-state index is 0.157. The molecule has 0 aromatic heterocycles. The Morgan fingerprint density at radius 3 is 2.62 bits per heavy atom. The third kappa shape index (κ3) is 2.10. The average Bonchev–Trinajstić information content (AvgIpc) is 2.04. The van der Waals surface area contributed by atoms with Crippen LogP contribution in [0.4, 0.5) is 0 Å². The summed E-state index contributed by atoms with van der Waals surface area (Å²) in [6, 6.07) is 0. The second-order valence-corrected chi connectivity index (χ2v) is 3.69. The predicted octanol–water partition coefficient (Wildman–Crippen LogP) is 1.49. The predicted molar refractivity (Wildman–Crippen MR) is 53.0 cm³/mol. The van der Waals surface area contributed by atoms with E-state index in [9.17, 15) is 4.79 Å². The van der Waals surface area contributed by atoms with Gasteiger partial charge in [0.2, 0.25) is 0 Å². The molecule has 2 N–H and O–H groups in total. The molecule has 0 unspecified atom stereocenters. The molecule has 0 radical (unpaired) electrons. The van der Waals surface area contributed by atoms with E-state index in [1.54, 1.807) is 6.92 Å². The van der Waals surface area contributed by atoms with Gasteiger partial charge in [0.05, 0.1) is 0 Å². The number of hydrogen-bond acceptors (Lipinski definition) is 2. The van der Waals surface area contributed by atoms with E-state index in [-0.39, 0.29) is 5.41 Å². The molecule has 72 valence electrons. The van der Waals surface area contributed by atoms with Crippen molar-refractivity contribution in [3.63, 3.8) is 0 Å². The van der Waals surface area contributed by atoms with Gasteiger partial charge in [-0.3, -0.25) is 4.79 Å². The third-order valence-corrected chi connectivity index (χ3v) is 2.95. The number of Topliss-reactive ketones (excluding diaryl/α,β-unsaturated/α-hetero) is 1. The van der Waals surface area contributed by atoms with E-state index in [1.165, 1.54) is 0 Å². The zero-order valence-corrected chi connectivity index (χ0v) is 8.23. The van der Waals surface area contributed by atoms with Gasteiger partial charge < -0.3 is 5.73 Å². The number of ketones is 1. The summed E-state index contributed by atoms with van der Waals surface area (Å²) in [5.41, 5.74) is 5.46. The lowest BCUT2D eigenvalue weighted by Gasteiger charge is -2.39. The van der Waals surface area contributed by atoms with Crippen LogP contribution in [0.2, 0.25) is 0 Å². The number of carbonyl (C=O) groups is 1. The number of carbonyl (C=O) groups excluding carboxylic acids is 1. The molecule has 1 aliphatic rings. The maximum atomic E-state index is 11.7. The smallest absolute Gasteiger partial charge is 0.141 e. The quantitative estimate of drug-likeness (QED) is 0.664. The van der Waals surface area contributed by atoms with Crippen molar-refractivity contribution in [3.05, 3.63) is 0 Å². The number of nitrogens with two attached hydrogens (primary N) is 1. The van der Waals surface area contributed by atoms with Gasteiger partial charge in [0.1, 0.15) is 5.78 Å². The SMILES string of the molecule is CC#CCCC(=O)C1(CN)CCC1. The Hall–Kier alpha value is -0.810. The summed E-state index contributed by atoms with van der Waals surface area (Å²) in [5.74, 6) is 6.03. The first-order valence-electron chi connectivity index (χ1n) is 4.88. The Labute approximate surface area is 79.9 Å². The van der Waals surface area contributed by atoms with Gasteiger partial charge in [-0.2, -0.15) is 0 Å². The molecular weight excluding hydrogens is 162 g/mol. The van der Waals surface area contributed by atoms with E-state index in [1.807, 2.05) is 0 Å². The highest BCUT2D eigenvalue weighted by molar-refractivity contribution is 5.86. The van der Waals surface area contributed by atoms with Crippen LogP contribution < -0.4 is 5.73 Å². The Morgan fingerprint density at radius 2 is 2.23 bits per heavy atom. The molecule has 1 aliphatic carbocycles. The molecule has 0 spiro atoms. The fourth-order valence-electron chi connectivity index (χ4n) is 1.77. The lowest BCUT2D eigenvalue weighted by Crippen LogP contribution is -2.44. The topological polar surface area (TPSA) is 43.1 Å². The molecular formula is C11H17NO. The van der Waals surface area contributed by atoms with Crippen LogP contribution >= 0.6 is 0 Å². The Bertz CT molecular complexity index is 237. The van der Waals surface area contributed by atoms with Crippen LogP contribution in [0, 0.1) is 17.3 Å². The molecule has 13 heavy (non-hydrogen) atoms. The van der Waals surface area contributed by atoms with Crippen molar-refractivity contribution in [2.75, 3.05) is 6.54 Å². The highest BCUT2D eigenvalue weighted by atomic mass is 16.1. The summed E-state index contributed by atoms with van der Waals surface area (Å²) in [5, 5.41) is 0. The molecule has 2 heteroatoms. The second-order valence-electron chi connectivity index (χ2n) is 3.69. The van der Waals surface area contributed by atoms with Gasteiger partial charge in [-0.05, 0) is 19.8 Å². The van der Waals surface area contributed by atoms with Crippen molar-refractivity contribution in [2.24, 2.45) is 11.1 Å². The van der Waals surface area contributed by atoms with Crippen molar-refractivity contribution in [3.8, 4) is 11.8 Å². The normalized spacial score (nSPS) is 18.3. The van der Waals surface area contributed by atoms with Crippen molar-refractivity contribution in [2.45, 2.75) is 39.0 Å². The van der Waals surface area contributed by atoms with Gasteiger partial charge in [0.25, 0.3) is 0 Å². The van der Waals surface area contributed by atoms with E-state index in [0.717, 1.165) is 19.3 Å². The Balaban J connectivity index is 2.40. The van der Waals surface area contributed by atoms with Crippen molar-refractivity contribution >= 4 is 5.78 Å². The molecule has 0 aliphatic heterocycles. The molecule has 0 bridgehead atoms. The van der Waals surface area contributed by atoms with E-state index in [4.69, 9.17) is 5.73 Å². The largest absolute Gasteiger partial charge is 0.329 e. The molecule has 0 amide bonds. The van der Waals surface area contributed by atoms with E-state index in [2.05, 4.69) is 11.8 Å². The van der Waals surface area contributed by atoms with Crippen molar-refractivity contribution in [1.82, 2.24) is 0 Å². The van der Waals surface area contributed by atoms with Gasteiger partial charge in [-0.1, -0.05) is 6.42 Å². The van der Waals surface area contributed by atoms with Gasteiger partial charge in [-0.25, -0.2) is 0 Å². The lowest BCUT2D eigenvalue weighted by molar-refractivity contribution is -0.132. The molecule has 0 aromatic rings. The van der Waals surface area contributed by atoms with Gasteiger partial charge in [0, 0.05) is 24.8 Å². The second kappa shape index (κ2) is 4.43. The minimum Gasteiger partial charge on any atom is -0.329 e. The standard InChI is InChI=1S/C11H17NO/c1-2-3-4-6-10(13)11(9-12)7-5-8-11/h4-9,12H2,1H3. The van der Waals surface area contributed by atoms with Crippen LogP contribution in [0.5, 0.6) is 0 Å². The van der Waals surface area contributed by atoms with Crippen LogP contribution in [0.1, 0.15) is 39.0 Å². The summed E-state index contributed by atoms with van der Waals surface area (Å²) in [6.45, 7) is 2.32. The molecule has 1 fully saturated rings. The first kappa shape index (κ1) is 10.3. The lowest BCUT2D eigenvalue weighted by atomic mass is 9.65. The van der Waals surface area contributed by atoms with Crippen LogP contribution in [-0.4, -0.2) is 12.3 Å². The maximum Gasteiger partial charge on any atom is 0.141 e. The summed E-state index contributed by atoms with van der Waals surface area (Å²) >= 11 is 0. The average molecular weight is 179 g/mol. The number of hydrogen-bond donors (Lipinski definition) is 1. The molecule has 0 saturated heterocycles. The van der Waals surface area contributed by atoms with E-state index in [0.29, 0.717) is 25.2 Å². The van der Waals surface area contributed by atoms with Crippen LogP contribution in [0.25, 0.3) is 0 Å². The summed E-state index contributed by atoms with van der Waals surface area (Å²) in [4.78, 5) is 11.7. The molecule has 0 heterocycles. The Morgan fingerprint density at radius 1 is 1.54 bits per heavy atom. The fourth-order valence-corrected chi connectivity index (χ4v) is 1.77. The van der Waals surface area contributed by atoms with Gasteiger partial charge >= 0.3 is 0 Å². The number of rotatable bonds is 4. The summed E-state index contributed by atoms with van der Waals surface area (Å²) in [7, 11) is 0. The summed E-state index contributed by atoms with van der Waals surface area (Å²) in [6.07, 6.45) is 4.40. The highest BCUT2D eigenvalue weighted by Crippen LogP contribution is 2.41. The monoisotopic (exact) mass is 179 g/mol. The zero-order chi connectivity index (χ0) is 9.73. The molecule has 1 rings (SSSR count). The first-order valence-corrected chi connectivity index (χ1v) is 4.88.